The highest BCUT2D eigenvalue weighted by atomic mass is 16.5. The van der Waals surface area contributed by atoms with Crippen molar-refractivity contribution in [1.82, 2.24) is 4.98 Å². The number of nitrogens with zero attached hydrogens (tertiary/aromatic N) is 3. The molecule has 0 bridgehead atoms. The molecule has 2 saturated heterocycles. The predicted octanol–water partition coefficient (Wildman–Crippen LogP) is 3.20. The zero-order valence-corrected chi connectivity index (χ0v) is 14.7. The minimum atomic E-state index is -0.333. The quantitative estimate of drug-likeness (QED) is 0.902. The number of aliphatic hydroxyl groups is 1. The van der Waals surface area contributed by atoms with Crippen LogP contribution in [0.2, 0.25) is 0 Å². The number of aliphatic hydroxyl groups excluding tert-OH is 1. The third-order valence-corrected chi connectivity index (χ3v) is 5.51. The Labute approximate surface area is 153 Å². The second-order valence-corrected chi connectivity index (χ2v) is 7.27. The Balaban J connectivity index is 1.47. The van der Waals surface area contributed by atoms with Crippen LogP contribution in [0.3, 0.4) is 0 Å². The molecule has 1 aromatic carbocycles. The average molecular weight is 349 g/mol. The lowest BCUT2D eigenvalue weighted by Gasteiger charge is -2.48. The van der Waals surface area contributed by atoms with E-state index in [0.717, 1.165) is 37.3 Å². The topological polar surface area (TPSA) is 69.4 Å². The summed E-state index contributed by atoms with van der Waals surface area (Å²) in [5.41, 5.74) is 1.30. The molecule has 134 valence electrons. The first-order valence-electron chi connectivity index (χ1n) is 9.20. The van der Waals surface area contributed by atoms with E-state index < -0.39 is 0 Å². The molecule has 2 aliphatic heterocycles. The van der Waals surface area contributed by atoms with Gasteiger partial charge in [-0.1, -0.05) is 36.4 Å². The Morgan fingerprint density at radius 1 is 1.12 bits per heavy atom. The second kappa shape index (κ2) is 7.06. The van der Waals surface area contributed by atoms with Crippen LogP contribution >= 0.6 is 0 Å². The molecule has 5 nitrogen and oxygen atoms in total. The molecule has 5 heteroatoms. The van der Waals surface area contributed by atoms with Gasteiger partial charge in [0.25, 0.3) is 0 Å². The van der Waals surface area contributed by atoms with Crippen LogP contribution in [-0.4, -0.2) is 34.9 Å². The number of anilines is 1. The minimum Gasteiger partial charge on any atom is -0.393 e. The number of aromatic nitrogens is 1. The summed E-state index contributed by atoms with van der Waals surface area (Å²) in [6, 6.07) is 17.8. The number of piperidine rings is 1. The fourth-order valence-corrected chi connectivity index (χ4v) is 4.16. The van der Waals surface area contributed by atoms with Crippen molar-refractivity contribution in [1.29, 1.82) is 5.26 Å². The van der Waals surface area contributed by atoms with E-state index in [4.69, 9.17) is 10.00 Å². The summed E-state index contributed by atoms with van der Waals surface area (Å²) in [6.45, 7) is 1.63. The second-order valence-electron chi connectivity index (χ2n) is 7.27. The lowest BCUT2D eigenvalue weighted by molar-refractivity contribution is -0.173. The Kier molecular flexibility index (Phi) is 4.62. The maximum atomic E-state index is 10.5. The number of rotatable bonds is 2. The van der Waals surface area contributed by atoms with Crippen LogP contribution in [0.4, 0.5) is 5.82 Å². The number of benzene rings is 1. The largest absolute Gasteiger partial charge is 0.393 e. The Bertz CT molecular complexity index is 794. The van der Waals surface area contributed by atoms with Crippen LogP contribution in [-0.2, 0) is 4.74 Å². The minimum absolute atomic E-state index is 0.0495. The normalized spacial score (nSPS) is 25.0. The van der Waals surface area contributed by atoms with Gasteiger partial charge >= 0.3 is 0 Å². The van der Waals surface area contributed by atoms with Gasteiger partial charge in [0, 0.05) is 25.9 Å². The molecular formula is C21H23N3O2. The summed E-state index contributed by atoms with van der Waals surface area (Å²) in [6.07, 6.45) is 2.67. The van der Waals surface area contributed by atoms with Gasteiger partial charge in [0.15, 0.2) is 0 Å². The van der Waals surface area contributed by atoms with Crippen molar-refractivity contribution in [2.45, 2.75) is 43.5 Å². The molecule has 2 atom stereocenters. The predicted molar refractivity (Wildman–Crippen MR) is 98.6 cm³/mol. The van der Waals surface area contributed by atoms with Gasteiger partial charge in [-0.2, -0.15) is 5.26 Å². The zero-order chi connectivity index (χ0) is 18.0. The van der Waals surface area contributed by atoms with Gasteiger partial charge in [-0.15, -0.1) is 0 Å². The summed E-state index contributed by atoms with van der Waals surface area (Å²) >= 11 is 0. The fraction of sp³-hybridized carbons (Fsp3) is 0.429. The number of hydrogen-bond donors (Lipinski definition) is 1. The van der Waals surface area contributed by atoms with E-state index in [1.807, 2.05) is 30.3 Å². The smallest absolute Gasteiger partial charge is 0.142 e. The van der Waals surface area contributed by atoms with E-state index in [1.54, 1.807) is 6.07 Å². The molecule has 26 heavy (non-hydrogen) atoms. The van der Waals surface area contributed by atoms with Crippen LogP contribution in [0.1, 0.15) is 43.0 Å². The first-order valence-corrected chi connectivity index (χ1v) is 9.20. The van der Waals surface area contributed by atoms with Gasteiger partial charge in [0.05, 0.1) is 17.8 Å². The Morgan fingerprint density at radius 2 is 1.88 bits per heavy atom. The van der Waals surface area contributed by atoms with Gasteiger partial charge in [-0.25, -0.2) is 4.98 Å². The molecule has 1 spiro atoms. The molecule has 2 fully saturated rings. The van der Waals surface area contributed by atoms with E-state index in [2.05, 4.69) is 28.1 Å². The molecule has 4 rings (SSSR count). The van der Waals surface area contributed by atoms with E-state index in [1.165, 1.54) is 0 Å². The SMILES string of the molecule is N#Cc1cccc(N2CCC3(CC2)C[C@@H](O)C[C@H](c2ccccc2)O3)n1. The molecule has 3 heterocycles. The zero-order valence-electron chi connectivity index (χ0n) is 14.7. The molecule has 0 amide bonds. The molecule has 0 radical (unpaired) electrons. The number of ether oxygens (including phenoxy) is 1. The van der Waals surface area contributed by atoms with Crippen molar-refractivity contribution in [3.05, 3.63) is 59.8 Å². The number of pyridine rings is 1. The number of hydrogen-bond acceptors (Lipinski definition) is 5. The molecular weight excluding hydrogens is 326 g/mol. The lowest BCUT2D eigenvalue weighted by Crippen LogP contribution is -2.51. The van der Waals surface area contributed by atoms with Crippen molar-refractivity contribution in [2.75, 3.05) is 18.0 Å². The lowest BCUT2D eigenvalue weighted by atomic mass is 9.81. The Morgan fingerprint density at radius 3 is 2.62 bits per heavy atom. The highest BCUT2D eigenvalue weighted by molar-refractivity contribution is 5.42. The average Bonchev–Trinajstić information content (AvgIpc) is 2.69. The van der Waals surface area contributed by atoms with Gasteiger partial charge < -0.3 is 14.7 Å². The summed E-state index contributed by atoms with van der Waals surface area (Å²) in [7, 11) is 0. The van der Waals surface area contributed by atoms with E-state index in [0.29, 0.717) is 18.5 Å². The summed E-state index contributed by atoms with van der Waals surface area (Å²) in [5.74, 6) is 0.842. The van der Waals surface area contributed by atoms with Crippen molar-refractivity contribution in [3.63, 3.8) is 0 Å². The first kappa shape index (κ1) is 17.0. The third-order valence-electron chi connectivity index (χ3n) is 5.51. The molecule has 0 aliphatic carbocycles. The summed E-state index contributed by atoms with van der Waals surface area (Å²) in [4.78, 5) is 6.60. The van der Waals surface area contributed by atoms with Gasteiger partial charge in [0.1, 0.15) is 17.6 Å². The molecule has 1 aromatic heterocycles. The van der Waals surface area contributed by atoms with Crippen molar-refractivity contribution < 1.29 is 9.84 Å². The third kappa shape index (κ3) is 3.44. The van der Waals surface area contributed by atoms with Crippen molar-refractivity contribution >= 4 is 5.82 Å². The maximum absolute atomic E-state index is 10.5. The molecule has 0 saturated carbocycles. The van der Waals surface area contributed by atoms with Crippen LogP contribution < -0.4 is 4.90 Å². The molecule has 2 aromatic rings. The maximum Gasteiger partial charge on any atom is 0.142 e. The fourth-order valence-electron chi connectivity index (χ4n) is 4.16. The van der Waals surface area contributed by atoms with Crippen LogP contribution in [0.25, 0.3) is 0 Å². The van der Waals surface area contributed by atoms with Crippen LogP contribution in [0.15, 0.2) is 48.5 Å². The van der Waals surface area contributed by atoms with Gasteiger partial charge in [0.2, 0.25) is 0 Å². The van der Waals surface area contributed by atoms with Crippen molar-refractivity contribution in [3.8, 4) is 6.07 Å². The Hall–Kier alpha value is -2.42. The van der Waals surface area contributed by atoms with Crippen molar-refractivity contribution in [2.24, 2.45) is 0 Å². The molecule has 1 N–H and O–H groups in total. The van der Waals surface area contributed by atoms with Crippen LogP contribution in [0, 0.1) is 11.3 Å². The standard InChI is InChI=1S/C21H23N3O2/c22-15-17-7-4-8-20(23-17)24-11-9-21(10-12-24)14-18(25)13-19(26-21)16-5-2-1-3-6-16/h1-8,18-19,25H,9-14H2/t18-,19+/m0/s1. The van der Waals surface area contributed by atoms with Gasteiger partial charge in [-0.3, -0.25) is 0 Å². The monoisotopic (exact) mass is 349 g/mol. The summed E-state index contributed by atoms with van der Waals surface area (Å²) < 4.78 is 6.54. The van der Waals surface area contributed by atoms with E-state index in [9.17, 15) is 5.11 Å². The highest BCUT2D eigenvalue weighted by Crippen LogP contribution is 2.43. The van der Waals surface area contributed by atoms with Crippen LogP contribution in [0.5, 0.6) is 0 Å². The highest BCUT2D eigenvalue weighted by Gasteiger charge is 2.43. The number of nitriles is 1. The van der Waals surface area contributed by atoms with E-state index >= 15 is 0 Å². The first-order chi connectivity index (χ1) is 12.7. The van der Waals surface area contributed by atoms with E-state index in [-0.39, 0.29) is 17.8 Å². The molecule has 0 unspecified atom stereocenters. The molecule has 2 aliphatic rings. The van der Waals surface area contributed by atoms with Gasteiger partial charge in [-0.05, 0) is 30.5 Å². The summed E-state index contributed by atoms with van der Waals surface area (Å²) in [5, 5.41) is 19.5.